The Balaban J connectivity index is 1.85. The largest absolute Gasteiger partial charge is 0.480 e. The number of carboxylic acid groups (broad SMARTS) is 2. The van der Waals surface area contributed by atoms with Crippen molar-refractivity contribution in [3.8, 4) is 0 Å². The van der Waals surface area contributed by atoms with Crippen molar-refractivity contribution in [1.29, 1.82) is 0 Å². The Morgan fingerprint density at radius 2 is 1.02 bits per heavy atom. The van der Waals surface area contributed by atoms with Crippen molar-refractivity contribution in [2.24, 2.45) is 38.8 Å². The minimum absolute atomic E-state index is 0.114. The van der Waals surface area contributed by atoms with E-state index in [-0.39, 0.29) is 64.4 Å². The molecule has 4 amide bonds. The average molecular weight is 1200 g/mol. The number of rotatable bonds is 47. The summed E-state index contributed by atoms with van der Waals surface area (Å²) in [5, 5.41) is 67.9. The topological polar surface area (TPSA) is 484 Å². The number of hydrogen-bond acceptors (Lipinski definition) is 22. The number of aliphatic hydroxyl groups excluding tert-OH is 4. The van der Waals surface area contributed by atoms with Crippen LogP contribution in [-0.4, -0.2) is 270 Å². The van der Waals surface area contributed by atoms with Crippen LogP contribution < -0.4 is 38.9 Å². The highest BCUT2D eigenvalue weighted by Gasteiger charge is 2.46. The van der Waals surface area contributed by atoms with Crippen LogP contribution in [0.3, 0.4) is 0 Å². The van der Waals surface area contributed by atoms with E-state index in [0.717, 1.165) is 12.5 Å². The lowest BCUT2D eigenvalue weighted by molar-refractivity contribution is -0.160. The lowest BCUT2D eigenvalue weighted by Crippen LogP contribution is -2.60. The van der Waals surface area contributed by atoms with Crippen molar-refractivity contribution in [2.45, 2.75) is 114 Å². The molecule has 2 heterocycles. The molecule has 2 aliphatic heterocycles. The molecule has 32 heteroatoms. The highest BCUT2D eigenvalue weighted by atomic mass is 16.6. The fraction of sp³-hybridized carbons (Fsp3) is 0.765. The summed E-state index contributed by atoms with van der Waals surface area (Å²) < 4.78 is 56.0. The first-order chi connectivity index (χ1) is 39.7. The van der Waals surface area contributed by atoms with E-state index in [1.165, 1.54) is 13.0 Å². The summed E-state index contributed by atoms with van der Waals surface area (Å²) in [6.45, 7) is 7.34. The summed E-state index contributed by atoms with van der Waals surface area (Å²) in [6.07, 6.45) is -3.71. The summed E-state index contributed by atoms with van der Waals surface area (Å²) in [5.74, 6) is -7.36. The Kier molecular flexibility index (Phi) is 37.6. The van der Waals surface area contributed by atoms with Crippen molar-refractivity contribution in [3.05, 3.63) is 23.7 Å². The first-order valence-corrected chi connectivity index (χ1v) is 27.5. The standard InChI is InChI=1S/C51H90N10O22/c1-4-14-74-20-22-78-24-25-79-23-21-77-19-9-42(69)61(12-7-17-75-15-5-10-56-40(67)30-80-45(36(65)28-62)44-32(2)34(59-50(52)53)26-38(82-44)48(70)71)13-8-18-76-16-6-11-57-41(68)31-81-46(37(66)29-63)47-43(58-33(3)64)35(60-51(54)55)27-39(83-47)49(72)73/h26-27,32,34-37,43-47,62-63,65-66H,4-25,28-31H2,1-3H3,(H,56,67)(H,57,68)(H,58,64)(H,70,71)(H,72,73)(H4,52,53,59)(H4,54,55,60)/t32-,34+,35+,36-,37-,43-,44-,45-,46-,47-/m1/s1. The van der Waals surface area contributed by atoms with Gasteiger partial charge in [-0.1, -0.05) is 13.8 Å². The normalized spacial score (nSPS) is 19.9. The molecule has 0 unspecified atom stereocenters. The van der Waals surface area contributed by atoms with Crippen molar-refractivity contribution in [3.63, 3.8) is 0 Å². The number of aliphatic carboxylic acids is 2. The number of carbonyl (C=O) groups is 6. The number of hydrogen-bond donors (Lipinski definition) is 13. The Hall–Kier alpha value is -6.04. The third kappa shape index (κ3) is 30.4. The number of guanidine groups is 2. The molecule has 0 aliphatic carbocycles. The molecule has 0 aromatic rings. The van der Waals surface area contributed by atoms with Crippen LogP contribution in [0.15, 0.2) is 33.7 Å². The summed E-state index contributed by atoms with van der Waals surface area (Å²) in [7, 11) is 0. The average Bonchev–Trinajstić information content (AvgIpc) is 3.62. The van der Waals surface area contributed by atoms with Crippen molar-refractivity contribution < 1.29 is 107 Å². The molecule has 0 saturated carbocycles. The first-order valence-electron chi connectivity index (χ1n) is 27.5. The zero-order valence-corrected chi connectivity index (χ0v) is 47.7. The van der Waals surface area contributed by atoms with Gasteiger partial charge in [0.25, 0.3) is 0 Å². The molecule has 0 radical (unpaired) electrons. The van der Waals surface area contributed by atoms with E-state index in [1.807, 2.05) is 6.92 Å². The molecule has 0 bridgehead atoms. The molecule has 10 atom stereocenters. The molecule has 0 aromatic heterocycles. The second-order valence-corrected chi connectivity index (χ2v) is 19.0. The van der Waals surface area contributed by atoms with E-state index in [0.29, 0.717) is 85.0 Å². The van der Waals surface area contributed by atoms with E-state index in [1.54, 1.807) is 11.8 Å². The summed E-state index contributed by atoms with van der Waals surface area (Å²) >= 11 is 0. The van der Waals surface area contributed by atoms with Crippen molar-refractivity contribution in [2.75, 3.05) is 132 Å². The Morgan fingerprint density at radius 1 is 0.614 bits per heavy atom. The molecule has 83 heavy (non-hydrogen) atoms. The quantitative estimate of drug-likeness (QED) is 0.0154. The van der Waals surface area contributed by atoms with Gasteiger partial charge in [-0.25, -0.2) is 19.6 Å². The summed E-state index contributed by atoms with van der Waals surface area (Å²) in [6, 6.07) is -3.23. The maximum atomic E-state index is 13.4. The van der Waals surface area contributed by atoms with Crippen LogP contribution in [0.25, 0.3) is 0 Å². The Morgan fingerprint density at radius 3 is 1.47 bits per heavy atom. The molecule has 476 valence electrons. The molecule has 0 fully saturated rings. The van der Waals surface area contributed by atoms with E-state index < -0.39 is 134 Å². The minimum Gasteiger partial charge on any atom is -0.480 e. The van der Waals surface area contributed by atoms with Gasteiger partial charge in [-0.3, -0.25) is 19.2 Å². The maximum Gasteiger partial charge on any atom is 0.370 e. The van der Waals surface area contributed by atoms with E-state index >= 15 is 0 Å². The molecule has 0 aromatic carbocycles. The summed E-state index contributed by atoms with van der Waals surface area (Å²) in [5.41, 5.74) is 22.1. The van der Waals surface area contributed by atoms with Crippen LogP contribution in [0.5, 0.6) is 0 Å². The monoisotopic (exact) mass is 1190 g/mol. The van der Waals surface area contributed by atoms with Gasteiger partial charge in [-0.15, -0.1) is 0 Å². The number of nitrogens with two attached hydrogens (primary N) is 4. The van der Waals surface area contributed by atoms with Crippen LogP contribution in [0.1, 0.15) is 59.3 Å². The van der Waals surface area contributed by atoms with Crippen LogP contribution in [0, 0.1) is 5.92 Å². The number of nitrogens with one attached hydrogen (secondary N) is 3. The zero-order valence-electron chi connectivity index (χ0n) is 47.7. The minimum atomic E-state index is -1.70. The molecule has 32 nitrogen and oxygen atoms in total. The Bertz CT molecular complexity index is 2050. The third-order valence-electron chi connectivity index (χ3n) is 12.2. The predicted octanol–water partition coefficient (Wildman–Crippen LogP) is -4.86. The smallest absolute Gasteiger partial charge is 0.370 e. The molecule has 0 spiro atoms. The van der Waals surface area contributed by atoms with Crippen LogP contribution in [0.2, 0.25) is 0 Å². The van der Waals surface area contributed by atoms with Crippen LogP contribution in [-0.2, 0) is 76.1 Å². The third-order valence-corrected chi connectivity index (χ3v) is 12.2. The van der Waals surface area contributed by atoms with Crippen LogP contribution >= 0.6 is 0 Å². The molecular weight excluding hydrogens is 1100 g/mol. The van der Waals surface area contributed by atoms with Gasteiger partial charge in [0.2, 0.25) is 35.1 Å². The Labute approximate surface area is 482 Å². The first kappa shape index (κ1) is 73.1. The highest BCUT2D eigenvalue weighted by Crippen LogP contribution is 2.31. The lowest BCUT2D eigenvalue weighted by atomic mass is 9.87. The lowest BCUT2D eigenvalue weighted by Gasteiger charge is -2.40. The van der Waals surface area contributed by atoms with Gasteiger partial charge in [0.05, 0.1) is 84.0 Å². The van der Waals surface area contributed by atoms with Gasteiger partial charge >= 0.3 is 11.9 Å². The number of aliphatic hydroxyl groups is 4. The van der Waals surface area contributed by atoms with E-state index in [4.69, 9.17) is 70.3 Å². The van der Waals surface area contributed by atoms with Gasteiger partial charge in [0.15, 0.2) is 18.0 Å². The number of ether oxygens (including phenoxy) is 10. The number of nitrogens with zero attached hydrogens (tertiary/aromatic N) is 3. The SMILES string of the molecule is CCCOCCOCCOCCOCCC(=O)N(CCCOCCCNC(=O)CO[C@@H]([C@@H]1OC(C(=O)O)=C[C@H](N=C(N)N)[C@H]1C)[C@H](O)CO)CCCOCCCNC(=O)CO[C@@H]([C@@H]1OC(C(=O)O)=C[C@H](N=C(N)N)[C@H]1NC(C)=O)[C@H](O)CO. The second-order valence-electron chi connectivity index (χ2n) is 19.0. The summed E-state index contributed by atoms with van der Waals surface area (Å²) in [4.78, 5) is 84.4. The van der Waals surface area contributed by atoms with Gasteiger partial charge < -0.3 is 122 Å². The molecular formula is C51H90N10O22. The van der Waals surface area contributed by atoms with Gasteiger partial charge in [-0.2, -0.15) is 0 Å². The second kappa shape index (κ2) is 42.7. The maximum absolute atomic E-state index is 13.4. The fourth-order valence-corrected chi connectivity index (χ4v) is 8.22. The molecule has 17 N–H and O–H groups in total. The number of aliphatic imine (C=N–C) groups is 2. The van der Waals surface area contributed by atoms with Gasteiger partial charge in [0.1, 0.15) is 43.7 Å². The van der Waals surface area contributed by atoms with E-state index in [2.05, 4.69) is 25.9 Å². The highest BCUT2D eigenvalue weighted by molar-refractivity contribution is 5.86. The van der Waals surface area contributed by atoms with Gasteiger partial charge in [0, 0.05) is 72.1 Å². The molecule has 0 saturated heterocycles. The molecule has 2 aliphatic rings. The predicted molar refractivity (Wildman–Crippen MR) is 294 cm³/mol. The number of carbonyl (C=O) groups excluding carboxylic acids is 4. The fourth-order valence-electron chi connectivity index (χ4n) is 8.22. The zero-order chi connectivity index (χ0) is 61.5. The number of carboxylic acids is 2. The van der Waals surface area contributed by atoms with Crippen molar-refractivity contribution >= 4 is 47.5 Å². The molecule has 2 rings (SSSR count). The number of amides is 4. The van der Waals surface area contributed by atoms with E-state index in [9.17, 15) is 59.4 Å². The van der Waals surface area contributed by atoms with Crippen molar-refractivity contribution in [1.82, 2.24) is 20.9 Å². The van der Waals surface area contributed by atoms with Crippen LogP contribution in [0.4, 0.5) is 0 Å². The van der Waals surface area contributed by atoms with Gasteiger partial charge in [-0.05, 0) is 44.3 Å².